The van der Waals surface area contributed by atoms with Crippen LogP contribution in [0.2, 0.25) is 0 Å². The molecule has 2 atom stereocenters. The molecule has 2 heterocycles. The summed E-state index contributed by atoms with van der Waals surface area (Å²) in [6, 6.07) is 8.53. The monoisotopic (exact) mass is 285 g/mol. The smallest absolute Gasteiger partial charge is 0.126 e. The number of aryl methyl sites for hydroxylation is 1. The number of benzene rings is 1. The van der Waals surface area contributed by atoms with E-state index in [1.54, 1.807) is 0 Å². The van der Waals surface area contributed by atoms with E-state index in [-0.39, 0.29) is 6.04 Å². The predicted molar refractivity (Wildman–Crippen MR) is 83.6 cm³/mol. The second-order valence-electron chi connectivity index (χ2n) is 5.47. The molecule has 0 fully saturated rings. The molecule has 4 heteroatoms. The van der Waals surface area contributed by atoms with E-state index in [9.17, 15) is 0 Å². The highest BCUT2D eigenvalue weighted by Gasteiger charge is 2.33. The fraction of sp³-hybridized carbons (Fsp3) is 0.471. The molecule has 2 aromatic rings. The van der Waals surface area contributed by atoms with Crippen LogP contribution in [0.15, 0.2) is 36.7 Å². The molecule has 0 spiro atoms. The summed E-state index contributed by atoms with van der Waals surface area (Å²) >= 11 is 0. The molecule has 2 unspecified atom stereocenters. The van der Waals surface area contributed by atoms with Crippen molar-refractivity contribution in [2.45, 2.75) is 38.8 Å². The van der Waals surface area contributed by atoms with E-state index >= 15 is 0 Å². The quantitative estimate of drug-likeness (QED) is 0.886. The zero-order chi connectivity index (χ0) is 14.7. The van der Waals surface area contributed by atoms with Crippen LogP contribution in [0.25, 0.3) is 0 Å². The first-order valence-electron chi connectivity index (χ1n) is 7.81. The summed E-state index contributed by atoms with van der Waals surface area (Å²) < 4.78 is 8.12. The Morgan fingerprint density at radius 3 is 3.05 bits per heavy atom. The minimum atomic E-state index is 0.195. The minimum Gasteiger partial charge on any atom is -0.493 e. The largest absolute Gasteiger partial charge is 0.493 e. The lowest BCUT2D eigenvalue weighted by atomic mass is 9.92. The van der Waals surface area contributed by atoms with Crippen LogP contribution in [0.5, 0.6) is 5.75 Å². The van der Waals surface area contributed by atoms with Crippen molar-refractivity contribution in [1.29, 1.82) is 0 Å². The first-order valence-corrected chi connectivity index (χ1v) is 7.81. The van der Waals surface area contributed by atoms with Crippen molar-refractivity contribution in [3.05, 3.63) is 48.0 Å². The van der Waals surface area contributed by atoms with Crippen LogP contribution in [0.4, 0.5) is 0 Å². The van der Waals surface area contributed by atoms with Crippen LogP contribution < -0.4 is 10.1 Å². The number of rotatable bonds is 6. The molecule has 1 aliphatic rings. The molecule has 0 amide bonds. The number of hydrogen-bond acceptors (Lipinski definition) is 3. The van der Waals surface area contributed by atoms with Gasteiger partial charge in [-0.3, -0.25) is 0 Å². The van der Waals surface area contributed by atoms with E-state index < -0.39 is 0 Å². The molecule has 0 radical (unpaired) electrons. The standard InChI is InChI=1S/C17H23N3O/c1-3-10-20-11-9-19-17(20)16(18-4-2)14-12-21-15-8-6-5-7-13(14)15/h5-9,11,14,16,18H,3-4,10,12H2,1-2H3. The maximum atomic E-state index is 5.86. The summed E-state index contributed by atoms with van der Waals surface area (Å²) in [6.07, 6.45) is 5.09. The van der Waals surface area contributed by atoms with Crippen LogP contribution in [0.3, 0.4) is 0 Å². The highest BCUT2D eigenvalue weighted by Crippen LogP contribution is 2.40. The van der Waals surface area contributed by atoms with E-state index in [1.165, 1.54) is 5.56 Å². The molecule has 3 rings (SSSR count). The van der Waals surface area contributed by atoms with Crippen LogP contribution in [-0.4, -0.2) is 22.7 Å². The summed E-state index contributed by atoms with van der Waals surface area (Å²) in [5, 5.41) is 3.60. The Kier molecular flexibility index (Phi) is 4.25. The van der Waals surface area contributed by atoms with Crippen molar-refractivity contribution < 1.29 is 4.74 Å². The van der Waals surface area contributed by atoms with Gasteiger partial charge in [-0.1, -0.05) is 32.0 Å². The molecule has 0 bridgehead atoms. The number of hydrogen-bond donors (Lipinski definition) is 1. The average Bonchev–Trinajstić information content (AvgIpc) is 3.12. The minimum absolute atomic E-state index is 0.195. The number of imidazole rings is 1. The van der Waals surface area contributed by atoms with Gasteiger partial charge in [-0.2, -0.15) is 0 Å². The van der Waals surface area contributed by atoms with Crippen LogP contribution >= 0.6 is 0 Å². The van der Waals surface area contributed by atoms with Gasteiger partial charge in [-0.05, 0) is 19.0 Å². The van der Waals surface area contributed by atoms with Gasteiger partial charge in [-0.15, -0.1) is 0 Å². The van der Waals surface area contributed by atoms with Gasteiger partial charge in [0.1, 0.15) is 11.6 Å². The first-order chi connectivity index (χ1) is 10.3. The number of nitrogens with one attached hydrogen (secondary N) is 1. The van der Waals surface area contributed by atoms with Crippen LogP contribution in [-0.2, 0) is 6.54 Å². The number of nitrogens with zero attached hydrogens (tertiary/aromatic N) is 2. The Morgan fingerprint density at radius 1 is 1.38 bits per heavy atom. The Bertz CT molecular complexity index is 593. The van der Waals surface area contributed by atoms with E-state index in [4.69, 9.17) is 4.74 Å². The lowest BCUT2D eigenvalue weighted by Crippen LogP contribution is -2.30. The Labute approximate surface area is 126 Å². The molecule has 1 aromatic heterocycles. The summed E-state index contributed by atoms with van der Waals surface area (Å²) in [6.45, 7) is 6.98. The SMILES string of the molecule is CCCn1ccnc1C(NCC)C1COc2ccccc21. The van der Waals surface area contributed by atoms with Crippen molar-refractivity contribution in [2.75, 3.05) is 13.2 Å². The third-order valence-electron chi connectivity index (χ3n) is 4.05. The average molecular weight is 285 g/mol. The summed E-state index contributed by atoms with van der Waals surface area (Å²) in [7, 11) is 0. The van der Waals surface area contributed by atoms with Gasteiger partial charge < -0.3 is 14.6 Å². The molecule has 112 valence electrons. The highest BCUT2D eigenvalue weighted by molar-refractivity contribution is 5.41. The molecule has 1 aromatic carbocycles. The molecule has 0 saturated carbocycles. The van der Waals surface area contributed by atoms with Crippen molar-refractivity contribution >= 4 is 0 Å². The van der Waals surface area contributed by atoms with Crippen molar-refractivity contribution in [1.82, 2.24) is 14.9 Å². The molecule has 0 aliphatic carbocycles. The summed E-state index contributed by atoms with van der Waals surface area (Å²) in [4.78, 5) is 4.62. The topological polar surface area (TPSA) is 39.1 Å². The summed E-state index contributed by atoms with van der Waals surface area (Å²) in [5.74, 6) is 2.45. The molecular formula is C17H23N3O. The lowest BCUT2D eigenvalue weighted by molar-refractivity contribution is 0.293. The second-order valence-corrected chi connectivity index (χ2v) is 5.47. The van der Waals surface area contributed by atoms with E-state index in [1.807, 2.05) is 12.3 Å². The Balaban J connectivity index is 1.94. The maximum absolute atomic E-state index is 5.86. The van der Waals surface area contributed by atoms with Crippen molar-refractivity contribution in [3.63, 3.8) is 0 Å². The van der Waals surface area contributed by atoms with Gasteiger partial charge in [0.15, 0.2) is 0 Å². The third-order valence-corrected chi connectivity index (χ3v) is 4.05. The molecule has 1 N–H and O–H groups in total. The first kappa shape index (κ1) is 14.1. The number of ether oxygens (including phenoxy) is 1. The van der Waals surface area contributed by atoms with E-state index in [0.29, 0.717) is 5.92 Å². The Morgan fingerprint density at radius 2 is 2.24 bits per heavy atom. The van der Waals surface area contributed by atoms with E-state index in [0.717, 1.165) is 37.7 Å². The lowest BCUT2D eigenvalue weighted by Gasteiger charge is -2.24. The van der Waals surface area contributed by atoms with Crippen LogP contribution in [0.1, 0.15) is 43.6 Å². The third kappa shape index (κ3) is 2.68. The van der Waals surface area contributed by atoms with Gasteiger partial charge in [0.05, 0.1) is 12.6 Å². The van der Waals surface area contributed by atoms with Gasteiger partial charge >= 0.3 is 0 Å². The molecule has 21 heavy (non-hydrogen) atoms. The molecular weight excluding hydrogens is 262 g/mol. The van der Waals surface area contributed by atoms with Gasteiger partial charge in [0, 0.05) is 30.4 Å². The molecule has 4 nitrogen and oxygen atoms in total. The normalized spacial score (nSPS) is 18.3. The van der Waals surface area contributed by atoms with Crippen molar-refractivity contribution in [2.24, 2.45) is 0 Å². The number of fused-ring (bicyclic) bond motifs is 1. The Hall–Kier alpha value is -1.81. The van der Waals surface area contributed by atoms with Crippen molar-refractivity contribution in [3.8, 4) is 5.75 Å². The zero-order valence-electron chi connectivity index (χ0n) is 12.7. The highest BCUT2D eigenvalue weighted by atomic mass is 16.5. The maximum Gasteiger partial charge on any atom is 0.126 e. The zero-order valence-corrected chi connectivity index (χ0v) is 12.7. The molecule has 0 saturated heterocycles. The van der Waals surface area contributed by atoms with Gasteiger partial charge in [0.2, 0.25) is 0 Å². The fourth-order valence-electron chi connectivity index (χ4n) is 3.13. The number of likely N-dealkylation sites (N-methyl/N-ethyl adjacent to an activating group) is 1. The van der Waals surface area contributed by atoms with E-state index in [2.05, 4.69) is 53.1 Å². The predicted octanol–water partition coefficient (Wildman–Crippen LogP) is 3.12. The van der Waals surface area contributed by atoms with Gasteiger partial charge in [-0.25, -0.2) is 4.98 Å². The summed E-state index contributed by atoms with van der Waals surface area (Å²) in [5.41, 5.74) is 1.29. The second kappa shape index (κ2) is 6.31. The number of aromatic nitrogens is 2. The molecule has 1 aliphatic heterocycles. The number of para-hydroxylation sites is 1. The fourth-order valence-corrected chi connectivity index (χ4v) is 3.13. The van der Waals surface area contributed by atoms with Crippen LogP contribution in [0, 0.1) is 0 Å². The van der Waals surface area contributed by atoms with Gasteiger partial charge in [0.25, 0.3) is 0 Å².